The van der Waals surface area contributed by atoms with Crippen LogP contribution in [0.1, 0.15) is 48.5 Å². The molecular formula is C31H30N6O3. The molecule has 0 bridgehead atoms. The third kappa shape index (κ3) is 5.71. The molecule has 3 heterocycles. The number of fused-ring (bicyclic) bond motifs is 1. The predicted octanol–water partition coefficient (Wildman–Crippen LogP) is 5.63. The Hall–Kier alpha value is -4.97. The lowest BCUT2D eigenvalue weighted by Crippen LogP contribution is -2.44. The first-order chi connectivity index (χ1) is 19.6. The average molecular weight is 535 g/mol. The van der Waals surface area contributed by atoms with Crippen molar-refractivity contribution in [3.8, 4) is 17.6 Å². The summed E-state index contributed by atoms with van der Waals surface area (Å²) in [5.74, 6) is 1.45. The molecule has 5 rings (SSSR count). The number of aromatic amines is 1. The number of rotatable bonds is 8. The van der Waals surface area contributed by atoms with Crippen LogP contribution in [0.5, 0.6) is 11.5 Å². The number of ether oxygens (including phenoxy) is 1. The maximum absolute atomic E-state index is 13.5. The van der Waals surface area contributed by atoms with Crippen LogP contribution in [-0.4, -0.2) is 50.7 Å². The minimum atomic E-state index is -0.247. The van der Waals surface area contributed by atoms with E-state index in [1.807, 2.05) is 36.4 Å². The lowest BCUT2D eigenvalue weighted by Gasteiger charge is -2.30. The van der Waals surface area contributed by atoms with Crippen molar-refractivity contribution in [3.05, 3.63) is 89.9 Å². The second-order valence-corrected chi connectivity index (χ2v) is 9.61. The van der Waals surface area contributed by atoms with E-state index in [-0.39, 0.29) is 23.3 Å². The molecule has 1 fully saturated rings. The summed E-state index contributed by atoms with van der Waals surface area (Å²) in [5, 5.41) is 13.4. The van der Waals surface area contributed by atoms with Crippen molar-refractivity contribution in [1.82, 2.24) is 19.9 Å². The van der Waals surface area contributed by atoms with Crippen LogP contribution in [-0.2, 0) is 4.79 Å². The molecule has 1 aliphatic rings. The summed E-state index contributed by atoms with van der Waals surface area (Å²) >= 11 is 0. The lowest BCUT2D eigenvalue weighted by atomic mass is 10.0. The van der Waals surface area contributed by atoms with E-state index in [4.69, 9.17) is 4.74 Å². The van der Waals surface area contributed by atoms with Crippen molar-refractivity contribution >= 4 is 28.5 Å². The quantitative estimate of drug-likeness (QED) is 0.170. The number of para-hydroxylation sites is 1. The monoisotopic (exact) mass is 534 g/mol. The molecule has 0 saturated carbocycles. The molecule has 4 aromatic rings. The number of amides is 1. The van der Waals surface area contributed by atoms with Gasteiger partial charge in [0.15, 0.2) is 5.78 Å². The molecule has 9 heteroatoms. The fraction of sp³-hybridized carbons (Fsp3) is 0.258. The molecule has 1 amide bonds. The van der Waals surface area contributed by atoms with Gasteiger partial charge in [0, 0.05) is 30.9 Å². The zero-order valence-corrected chi connectivity index (χ0v) is 22.3. The lowest BCUT2D eigenvalue weighted by molar-refractivity contribution is -0.128. The number of aromatic nitrogens is 3. The number of anilines is 1. The van der Waals surface area contributed by atoms with Crippen LogP contribution in [0.2, 0.25) is 0 Å². The molecule has 202 valence electrons. The van der Waals surface area contributed by atoms with Gasteiger partial charge in [0.1, 0.15) is 40.9 Å². The van der Waals surface area contributed by atoms with Crippen molar-refractivity contribution in [2.45, 2.75) is 38.6 Å². The zero-order valence-electron chi connectivity index (χ0n) is 22.3. The van der Waals surface area contributed by atoms with Crippen LogP contribution < -0.4 is 10.1 Å². The van der Waals surface area contributed by atoms with Gasteiger partial charge in [0.2, 0.25) is 0 Å². The van der Waals surface area contributed by atoms with E-state index in [2.05, 4.69) is 20.3 Å². The van der Waals surface area contributed by atoms with Crippen LogP contribution in [0.15, 0.2) is 78.8 Å². The van der Waals surface area contributed by atoms with Crippen LogP contribution in [0.25, 0.3) is 11.0 Å². The van der Waals surface area contributed by atoms with Gasteiger partial charge in [-0.1, -0.05) is 37.1 Å². The minimum Gasteiger partial charge on any atom is -0.457 e. The van der Waals surface area contributed by atoms with E-state index in [1.54, 1.807) is 48.4 Å². The Morgan fingerprint density at radius 1 is 1.10 bits per heavy atom. The van der Waals surface area contributed by atoms with E-state index >= 15 is 0 Å². The number of hydrogen-bond donors (Lipinski definition) is 2. The van der Waals surface area contributed by atoms with Gasteiger partial charge >= 0.3 is 0 Å². The van der Waals surface area contributed by atoms with Crippen molar-refractivity contribution in [2.75, 3.05) is 18.4 Å². The summed E-state index contributed by atoms with van der Waals surface area (Å²) in [5.41, 5.74) is 1.64. The zero-order chi connectivity index (χ0) is 27.9. The van der Waals surface area contributed by atoms with E-state index in [1.165, 1.54) is 6.33 Å². The first-order valence-corrected chi connectivity index (χ1v) is 13.4. The maximum Gasteiger partial charge on any atom is 0.264 e. The first-order valence-electron chi connectivity index (χ1n) is 13.4. The molecule has 1 atom stereocenters. The van der Waals surface area contributed by atoms with E-state index in [0.29, 0.717) is 46.8 Å². The Kier molecular flexibility index (Phi) is 8.16. The highest BCUT2D eigenvalue weighted by Crippen LogP contribution is 2.28. The number of benzene rings is 2. The standard InChI is InChI=1S/C31H30N6O3/c1-2-21(17-32)31(39)37-16-8-4-5-9-23(37)18-33-29-27-26(19-34-30(27)36-20-35-29)28(38)22-12-14-25(15-13-22)40-24-10-6-3-7-11-24/h2-3,6-7,10-15,19-20,23H,4-5,8-9,16,18H2,1H3,(H2,33,34,35,36)/b21-2+. The number of carbonyl (C=O) groups is 2. The molecule has 2 N–H and O–H groups in total. The Morgan fingerprint density at radius 2 is 1.88 bits per heavy atom. The van der Waals surface area contributed by atoms with Gasteiger partial charge in [-0.2, -0.15) is 5.26 Å². The molecule has 40 heavy (non-hydrogen) atoms. The van der Waals surface area contributed by atoms with Crippen LogP contribution >= 0.6 is 0 Å². The Balaban J connectivity index is 1.36. The maximum atomic E-state index is 13.5. The molecule has 1 unspecified atom stereocenters. The number of carbonyl (C=O) groups excluding carboxylic acids is 2. The number of hydrogen-bond acceptors (Lipinski definition) is 7. The number of nitrogens with one attached hydrogen (secondary N) is 2. The topological polar surface area (TPSA) is 124 Å². The number of ketones is 1. The highest BCUT2D eigenvalue weighted by Gasteiger charge is 2.28. The summed E-state index contributed by atoms with van der Waals surface area (Å²) in [6.07, 6.45) is 8.37. The third-order valence-electron chi connectivity index (χ3n) is 7.09. The number of H-pyrrole nitrogens is 1. The number of nitriles is 1. The van der Waals surface area contributed by atoms with Gasteiger partial charge < -0.3 is 19.9 Å². The Labute approximate surface area is 232 Å². The number of likely N-dealkylation sites (tertiary alicyclic amines) is 1. The normalized spacial score (nSPS) is 15.8. The summed E-state index contributed by atoms with van der Waals surface area (Å²) < 4.78 is 5.85. The van der Waals surface area contributed by atoms with Gasteiger partial charge in [0.05, 0.1) is 10.9 Å². The molecule has 0 aliphatic carbocycles. The number of allylic oxidation sites excluding steroid dienone is 1. The van der Waals surface area contributed by atoms with E-state index in [9.17, 15) is 14.9 Å². The Morgan fingerprint density at radius 3 is 2.62 bits per heavy atom. The second-order valence-electron chi connectivity index (χ2n) is 9.61. The summed E-state index contributed by atoms with van der Waals surface area (Å²) in [6.45, 7) is 2.74. The SMILES string of the molecule is C/C=C(\C#N)C(=O)N1CCCCCC1CNc1ncnc2[nH]cc(C(=O)c3ccc(Oc4ccccc4)cc3)c12. The Bertz CT molecular complexity index is 1570. The smallest absolute Gasteiger partial charge is 0.264 e. The van der Waals surface area contributed by atoms with Gasteiger partial charge in [-0.3, -0.25) is 9.59 Å². The fourth-order valence-electron chi connectivity index (χ4n) is 4.99. The largest absolute Gasteiger partial charge is 0.457 e. The summed E-state index contributed by atoms with van der Waals surface area (Å²) in [7, 11) is 0. The molecule has 1 saturated heterocycles. The molecule has 2 aromatic carbocycles. The molecule has 2 aromatic heterocycles. The first kappa shape index (κ1) is 26.6. The predicted molar refractivity (Wildman–Crippen MR) is 152 cm³/mol. The second kappa shape index (κ2) is 12.3. The van der Waals surface area contributed by atoms with Crippen molar-refractivity contribution in [3.63, 3.8) is 0 Å². The van der Waals surface area contributed by atoms with Gasteiger partial charge in [0.25, 0.3) is 5.91 Å². The van der Waals surface area contributed by atoms with E-state index in [0.717, 1.165) is 31.4 Å². The molecule has 0 radical (unpaired) electrons. The van der Waals surface area contributed by atoms with E-state index < -0.39 is 0 Å². The average Bonchev–Trinajstić information content (AvgIpc) is 3.29. The van der Waals surface area contributed by atoms with Crippen molar-refractivity contribution in [2.24, 2.45) is 0 Å². The van der Waals surface area contributed by atoms with Gasteiger partial charge in [-0.15, -0.1) is 0 Å². The van der Waals surface area contributed by atoms with Gasteiger partial charge in [-0.25, -0.2) is 9.97 Å². The minimum absolute atomic E-state index is 0.112. The molecule has 9 nitrogen and oxygen atoms in total. The van der Waals surface area contributed by atoms with Crippen LogP contribution in [0.3, 0.4) is 0 Å². The number of nitrogens with zero attached hydrogens (tertiary/aromatic N) is 4. The van der Waals surface area contributed by atoms with Crippen LogP contribution in [0, 0.1) is 11.3 Å². The fourth-order valence-corrected chi connectivity index (χ4v) is 4.99. The van der Waals surface area contributed by atoms with Gasteiger partial charge in [-0.05, 0) is 56.2 Å². The molecule has 0 spiro atoms. The van der Waals surface area contributed by atoms with Crippen LogP contribution in [0.4, 0.5) is 5.82 Å². The third-order valence-corrected chi connectivity index (χ3v) is 7.09. The molecular weight excluding hydrogens is 504 g/mol. The van der Waals surface area contributed by atoms with Crippen molar-refractivity contribution < 1.29 is 14.3 Å². The summed E-state index contributed by atoms with van der Waals surface area (Å²) in [4.78, 5) is 40.2. The highest BCUT2D eigenvalue weighted by atomic mass is 16.5. The van der Waals surface area contributed by atoms with Crippen molar-refractivity contribution in [1.29, 1.82) is 5.26 Å². The summed E-state index contributed by atoms with van der Waals surface area (Å²) in [6, 6.07) is 18.4. The highest BCUT2D eigenvalue weighted by molar-refractivity contribution is 6.18. The molecule has 1 aliphatic heterocycles.